The fraction of sp³-hybridized carbons (Fsp3) is 0.250. The lowest BCUT2D eigenvalue weighted by Gasteiger charge is -2.26. The smallest absolute Gasteiger partial charge is 0.370 e. The van der Waals surface area contributed by atoms with Gasteiger partial charge in [0.2, 0.25) is 0 Å². The van der Waals surface area contributed by atoms with Gasteiger partial charge in [-0.3, -0.25) is 14.3 Å². The molecule has 0 unspecified atom stereocenters. The zero-order valence-electron chi connectivity index (χ0n) is 16.1. The summed E-state index contributed by atoms with van der Waals surface area (Å²) >= 11 is 12.2. The van der Waals surface area contributed by atoms with E-state index in [0.29, 0.717) is 40.9 Å². The van der Waals surface area contributed by atoms with Gasteiger partial charge in [-0.25, -0.2) is 4.79 Å². The lowest BCUT2D eigenvalue weighted by molar-refractivity contribution is 0.0417. The highest BCUT2D eigenvalue weighted by Gasteiger charge is 2.29. The van der Waals surface area contributed by atoms with E-state index in [1.807, 2.05) is 6.07 Å². The van der Waals surface area contributed by atoms with Gasteiger partial charge >= 0.3 is 5.76 Å². The zero-order valence-corrected chi connectivity index (χ0v) is 18.4. The Bertz CT molecular complexity index is 1120. The van der Waals surface area contributed by atoms with Crippen molar-refractivity contribution in [2.24, 2.45) is 0 Å². The summed E-state index contributed by atoms with van der Waals surface area (Å²) < 4.78 is 10.6. The first-order chi connectivity index (χ1) is 14.5. The van der Waals surface area contributed by atoms with E-state index in [0.717, 1.165) is 5.56 Å². The van der Waals surface area contributed by atoms with E-state index in [4.69, 9.17) is 27.9 Å². The molecule has 1 aliphatic heterocycles. The molecule has 4 rings (SSSR count). The lowest BCUT2D eigenvalue weighted by atomic mass is 10.0. The zero-order chi connectivity index (χ0) is 21.1. The van der Waals surface area contributed by atoms with Gasteiger partial charge in [-0.15, -0.1) is 12.4 Å². The third kappa shape index (κ3) is 5.28. The van der Waals surface area contributed by atoms with Gasteiger partial charge < -0.3 is 15.4 Å². The molecule has 1 amide bonds. The largest absolute Gasteiger partial charge is 0.439 e. The minimum atomic E-state index is -0.693. The molecule has 0 spiro atoms. The van der Waals surface area contributed by atoms with Crippen LogP contribution in [0.1, 0.15) is 22.0 Å². The van der Waals surface area contributed by atoms with Crippen molar-refractivity contribution < 1.29 is 14.1 Å². The Labute approximate surface area is 193 Å². The molecule has 3 N–H and O–H groups in total. The van der Waals surface area contributed by atoms with E-state index in [1.54, 1.807) is 36.4 Å². The van der Waals surface area contributed by atoms with Crippen molar-refractivity contribution in [2.45, 2.75) is 12.1 Å². The summed E-state index contributed by atoms with van der Waals surface area (Å²) in [7, 11) is 0. The Hall–Kier alpha value is -2.36. The average Bonchev–Trinajstić information content (AvgIpc) is 3.05. The molecule has 2 heterocycles. The molecule has 11 heteroatoms. The monoisotopic (exact) mass is 484 g/mol. The maximum Gasteiger partial charge on any atom is 0.439 e. The minimum Gasteiger partial charge on any atom is -0.370 e. The van der Waals surface area contributed by atoms with Crippen LogP contribution in [0.25, 0.3) is 11.4 Å². The molecule has 1 aromatic heterocycles. The quantitative estimate of drug-likeness (QED) is 0.523. The van der Waals surface area contributed by atoms with E-state index in [9.17, 15) is 9.59 Å². The Morgan fingerprint density at radius 1 is 1.16 bits per heavy atom. The third-order valence-corrected chi connectivity index (χ3v) is 5.50. The average molecular weight is 486 g/mol. The number of amides is 1. The molecule has 8 nitrogen and oxygen atoms in total. The molecule has 0 saturated carbocycles. The van der Waals surface area contributed by atoms with Gasteiger partial charge in [0, 0.05) is 18.7 Å². The van der Waals surface area contributed by atoms with Crippen molar-refractivity contribution in [2.75, 3.05) is 19.7 Å². The van der Waals surface area contributed by atoms with Crippen LogP contribution >= 0.6 is 35.6 Å². The molecule has 164 valence electrons. The lowest BCUT2D eigenvalue weighted by Crippen LogP contribution is -2.45. The number of hydrogen-bond acceptors (Lipinski definition) is 6. The Morgan fingerprint density at radius 2 is 1.97 bits per heavy atom. The minimum absolute atomic E-state index is 0. The van der Waals surface area contributed by atoms with Crippen LogP contribution in [0.2, 0.25) is 10.0 Å². The van der Waals surface area contributed by atoms with Gasteiger partial charge in [0.05, 0.1) is 28.3 Å². The maximum atomic E-state index is 13.1. The first kappa shape index (κ1) is 23.3. The topological polar surface area (TPSA) is 109 Å². The number of rotatable bonds is 4. The van der Waals surface area contributed by atoms with Crippen molar-refractivity contribution in [3.63, 3.8) is 0 Å². The van der Waals surface area contributed by atoms with Crippen LogP contribution in [0, 0.1) is 0 Å². The first-order valence-corrected chi connectivity index (χ1v) is 10.0. The highest BCUT2D eigenvalue weighted by Crippen LogP contribution is 2.30. The highest BCUT2D eigenvalue weighted by molar-refractivity contribution is 6.42. The van der Waals surface area contributed by atoms with E-state index >= 15 is 0 Å². The molecular weight excluding hydrogens is 467 g/mol. The van der Waals surface area contributed by atoms with Crippen molar-refractivity contribution in [1.82, 2.24) is 20.8 Å². The third-order valence-electron chi connectivity index (χ3n) is 4.76. The molecular formula is C20H19Cl3N4O4. The number of nitrogens with zero attached hydrogens (tertiary/aromatic N) is 1. The van der Waals surface area contributed by atoms with Crippen molar-refractivity contribution in [3.8, 4) is 11.4 Å². The fourth-order valence-electron chi connectivity index (χ4n) is 3.36. The molecule has 3 aromatic rings. The van der Waals surface area contributed by atoms with E-state index in [2.05, 4.69) is 25.3 Å². The Balaban J connectivity index is 0.00000272. The second-order valence-electron chi connectivity index (χ2n) is 6.74. The van der Waals surface area contributed by atoms with E-state index < -0.39 is 11.9 Å². The molecule has 2 atom stereocenters. The molecule has 0 bridgehead atoms. The van der Waals surface area contributed by atoms with Crippen LogP contribution in [-0.4, -0.2) is 41.8 Å². The number of carbonyl (C=O) groups excluding carboxylic acids is 1. The summed E-state index contributed by atoms with van der Waals surface area (Å²) in [6.45, 7) is 1.63. The number of H-pyrrole nitrogens is 1. The van der Waals surface area contributed by atoms with Gasteiger partial charge in [0.25, 0.3) is 5.91 Å². The number of halogens is 3. The summed E-state index contributed by atoms with van der Waals surface area (Å²) in [5.41, 5.74) is 1.61. The summed E-state index contributed by atoms with van der Waals surface area (Å²) in [5.74, 6) is -0.847. The standard InChI is InChI=1S/C20H18Cl2N4O4.ClH/c21-14-6-5-11(9-15(14)22)17-16(10-23-7-8-29-17)24-19(27)13-4-2-1-3-12(13)18-25-20(28)30-26-18;/h1-6,9,16-17,23H,7-8,10H2,(H,24,27)(H,25,26,28);1H/t16-,17+;/m1./s1. The van der Waals surface area contributed by atoms with Gasteiger partial charge in [-0.1, -0.05) is 52.6 Å². The Kier molecular flexibility index (Phi) is 7.74. The van der Waals surface area contributed by atoms with Gasteiger partial charge in [-0.05, 0) is 23.8 Å². The van der Waals surface area contributed by atoms with Crippen LogP contribution in [0.15, 0.2) is 51.8 Å². The number of benzene rings is 2. The number of nitrogens with one attached hydrogen (secondary N) is 3. The summed E-state index contributed by atoms with van der Waals surface area (Å²) in [5, 5.41) is 10.8. The van der Waals surface area contributed by atoms with Gasteiger partial charge in [-0.2, -0.15) is 0 Å². The molecule has 1 aliphatic rings. The van der Waals surface area contributed by atoms with Gasteiger partial charge in [0.15, 0.2) is 5.82 Å². The fourth-order valence-corrected chi connectivity index (χ4v) is 3.67. The predicted molar refractivity (Wildman–Crippen MR) is 119 cm³/mol. The number of hydrogen-bond donors (Lipinski definition) is 3. The number of aromatic nitrogens is 2. The molecule has 0 radical (unpaired) electrons. The summed E-state index contributed by atoms with van der Waals surface area (Å²) in [6.07, 6.45) is -0.419. The maximum absolute atomic E-state index is 13.1. The second kappa shape index (κ2) is 10.3. The number of ether oxygens (including phenoxy) is 1. The molecule has 1 fully saturated rings. The number of carbonyl (C=O) groups is 1. The number of aromatic amines is 1. The molecule has 0 aliphatic carbocycles. The normalized spacial score (nSPS) is 18.6. The molecule has 1 saturated heterocycles. The van der Waals surface area contributed by atoms with Crippen LogP contribution in [-0.2, 0) is 4.74 Å². The van der Waals surface area contributed by atoms with Crippen LogP contribution in [0.4, 0.5) is 0 Å². The second-order valence-corrected chi connectivity index (χ2v) is 7.55. The predicted octanol–water partition coefficient (Wildman–Crippen LogP) is 3.22. The van der Waals surface area contributed by atoms with Gasteiger partial charge in [0.1, 0.15) is 6.10 Å². The van der Waals surface area contributed by atoms with E-state index in [-0.39, 0.29) is 30.2 Å². The van der Waals surface area contributed by atoms with Crippen LogP contribution in [0.5, 0.6) is 0 Å². The van der Waals surface area contributed by atoms with Crippen molar-refractivity contribution in [1.29, 1.82) is 0 Å². The molecule has 2 aromatic carbocycles. The molecule has 31 heavy (non-hydrogen) atoms. The first-order valence-electron chi connectivity index (χ1n) is 9.26. The SMILES string of the molecule is Cl.O=C(N[C@@H]1CNCCO[C@H]1c1ccc(Cl)c(Cl)c1)c1ccccc1-c1noc(=O)[nH]1. The Morgan fingerprint density at radius 3 is 2.71 bits per heavy atom. The summed E-state index contributed by atoms with van der Waals surface area (Å²) in [6, 6.07) is 11.7. The van der Waals surface area contributed by atoms with E-state index in [1.165, 1.54) is 0 Å². The van der Waals surface area contributed by atoms with Crippen molar-refractivity contribution >= 4 is 41.5 Å². The van der Waals surface area contributed by atoms with Crippen LogP contribution in [0.3, 0.4) is 0 Å². The highest BCUT2D eigenvalue weighted by atomic mass is 35.5. The van der Waals surface area contributed by atoms with Crippen LogP contribution < -0.4 is 16.4 Å². The van der Waals surface area contributed by atoms with Crippen molar-refractivity contribution in [3.05, 3.63) is 74.2 Å². The summed E-state index contributed by atoms with van der Waals surface area (Å²) in [4.78, 5) is 26.9.